The van der Waals surface area contributed by atoms with Crippen LogP contribution in [0.15, 0.2) is 60.7 Å². The van der Waals surface area contributed by atoms with Crippen LogP contribution < -0.4 is 10.1 Å². The van der Waals surface area contributed by atoms with Crippen LogP contribution >= 0.6 is 11.6 Å². The van der Waals surface area contributed by atoms with Crippen molar-refractivity contribution in [3.63, 3.8) is 0 Å². The summed E-state index contributed by atoms with van der Waals surface area (Å²) in [5.41, 5.74) is 2.05. The van der Waals surface area contributed by atoms with Gasteiger partial charge in [-0.3, -0.25) is 4.79 Å². The first kappa shape index (κ1) is 20.0. The fourth-order valence-electron chi connectivity index (χ4n) is 3.04. The van der Waals surface area contributed by atoms with Crippen LogP contribution in [0.3, 0.4) is 0 Å². The van der Waals surface area contributed by atoms with E-state index in [1.165, 1.54) is 6.08 Å². The molecule has 0 bridgehead atoms. The molecule has 5 nitrogen and oxygen atoms in total. The van der Waals surface area contributed by atoms with Crippen molar-refractivity contribution in [2.45, 2.75) is 26.3 Å². The zero-order valence-corrected chi connectivity index (χ0v) is 16.7. The normalized spacial score (nSPS) is 11.2. The highest BCUT2D eigenvalue weighted by Crippen LogP contribution is 2.23. The van der Waals surface area contributed by atoms with Gasteiger partial charge < -0.3 is 14.6 Å². The predicted octanol–water partition coefficient (Wildman–Crippen LogP) is 4.39. The van der Waals surface area contributed by atoms with Crippen molar-refractivity contribution >= 4 is 28.5 Å². The number of nitrogens with zero attached hydrogens (tertiary/aromatic N) is 2. The second-order valence-corrected chi connectivity index (χ2v) is 6.75. The molecule has 0 atom stereocenters. The molecule has 3 rings (SSSR count). The molecule has 0 unspecified atom stereocenters. The molecule has 0 saturated carbocycles. The van der Waals surface area contributed by atoms with Gasteiger partial charge in [0.25, 0.3) is 0 Å². The fraction of sp³-hybridized carbons (Fsp3) is 0.273. The number of carbonyl (C=O) groups is 1. The zero-order chi connectivity index (χ0) is 19.8. The van der Waals surface area contributed by atoms with Crippen LogP contribution in [0.5, 0.6) is 5.75 Å². The molecule has 0 radical (unpaired) electrons. The van der Waals surface area contributed by atoms with Gasteiger partial charge in [-0.25, -0.2) is 4.98 Å². The third-order valence-electron chi connectivity index (χ3n) is 4.34. The molecule has 1 amide bonds. The largest absolute Gasteiger partial charge is 0.490 e. The van der Waals surface area contributed by atoms with Crippen molar-refractivity contribution in [3.8, 4) is 5.75 Å². The summed E-state index contributed by atoms with van der Waals surface area (Å²) in [5, 5.41) is 3.48. The van der Waals surface area contributed by atoms with Gasteiger partial charge in [-0.1, -0.05) is 41.9 Å². The molecule has 1 heterocycles. The van der Waals surface area contributed by atoms with Crippen LogP contribution in [0, 0.1) is 0 Å². The lowest BCUT2D eigenvalue weighted by Crippen LogP contribution is -2.23. The number of hydrogen-bond acceptors (Lipinski definition) is 3. The van der Waals surface area contributed by atoms with Crippen molar-refractivity contribution in [2.24, 2.45) is 0 Å². The van der Waals surface area contributed by atoms with Gasteiger partial charge in [-0.05, 0) is 43.7 Å². The molecule has 0 saturated heterocycles. The van der Waals surface area contributed by atoms with E-state index in [9.17, 15) is 4.79 Å². The van der Waals surface area contributed by atoms with Crippen molar-refractivity contribution < 1.29 is 9.53 Å². The molecule has 0 fully saturated rings. The minimum atomic E-state index is -0.0656. The highest BCUT2D eigenvalue weighted by atomic mass is 35.5. The molecule has 3 aromatic rings. The number of rotatable bonds is 9. The van der Waals surface area contributed by atoms with Gasteiger partial charge in [0, 0.05) is 13.0 Å². The Kier molecular flexibility index (Phi) is 7.09. The quantitative estimate of drug-likeness (QED) is 0.430. The number of carbonyl (C=O) groups excluding carboxylic acids is 1. The van der Waals surface area contributed by atoms with Crippen molar-refractivity contribution in [2.75, 3.05) is 13.2 Å². The van der Waals surface area contributed by atoms with Crippen LogP contribution in [0.25, 0.3) is 11.0 Å². The third-order valence-corrected chi connectivity index (χ3v) is 4.65. The Hall–Kier alpha value is -2.79. The number of amides is 1. The van der Waals surface area contributed by atoms with Gasteiger partial charge in [0.1, 0.15) is 18.2 Å². The van der Waals surface area contributed by atoms with E-state index in [1.54, 1.807) is 6.08 Å². The maximum atomic E-state index is 11.5. The van der Waals surface area contributed by atoms with Crippen molar-refractivity contribution in [1.29, 1.82) is 0 Å². The maximum absolute atomic E-state index is 11.5. The molecule has 1 aromatic heterocycles. The Morgan fingerprint density at radius 2 is 2.00 bits per heavy atom. The average molecular weight is 398 g/mol. The van der Waals surface area contributed by atoms with E-state index in [0.717, 1.165) is 29.7 Å². The van der Waals surface area contributed by atoms with E-state index in [1.807, 2.05) is 49.4 Å². The molecule has 1 N–H and O–H groups in total. The number of para-hydroxylation sites is 3. The predicted molar refractivity (Wildman–Crippen MR) is 113 cm³/mol. The van der Waals surface area contributed by atoms with Gasteiger partial charge in [0.15, 0.2) is 0 Å². The first-order valence-corrected chi connectivity index (χ1v) is 9.79. The molecule has 28 heavy (non-hydrogen) atoms. The van der Waals surface area contributed by atoms with Gasteiger partial charge >= 0.3 is 0 Å². The number of nitrogens with one attached hydrogen (secondary N) is 1. The third kappa shape index (κ3) is 5.14. The molecule has 146 valence electrons. The number of fused-ring (bicyclic) bond motifs is 1. The van der Waals surface area contributed by atoms with Gasteiger partial charge in [-0.2, -0.15) is 0 Å². The zero-order valence-electron chi connectivity index (χ0n) is 15.9. The average Bonchev–Trinajstić information content (AvgIpc) is 3.05. The van der Waals surface area contributed by atoms with Crippen LogP contribution in [-0.2, 0) is 17.8 Å². The van der Waals surface area contributed by atoms with E-state index in [2.05, 4.69) is 16.0 Å². The Morgan fingerprint density at radius 3 is 2.82 bits per heavy atom. The van der Waals surface area contributed by atoms with E-state index < -0.39 is 0 Å². The number of aryl methyl sites for hydroxylation is 1. The molecule has 0 spiro atoms. The van der Waals surface area contributed by atoms with E-state index in [-0.39, 0.29) is 5.91 Å². The number of imidazole rings is 1. The summed E-state index contributed by atoms with van der Waals surface area (Å²) in [6.45, 7) is 3.61. The van der Waals surface area contributed by atoms with E-state index >= 15 is 0 Å². The number of benzene rings is 2. The summed E-state index contributed by atoms with van der Waals surface area (Å²) in [5.74, 6) is 1.61. The van der Waals surface area contributed by atoms with Gasteiger partial charge in [0.2, 0.25) is 5.91 Å². The summed E-state index contributed by atoms with van der Waals surface area (Å²) in [7, 11) is 0. The van der Waals surface area contributed by atoms with Crippen LogP contribution in [0.2, 0.25) is 5.02 Å². The summed E-state index contributed by atoms with van der Waals surface area (Å²) < 4.78 is 8.03. The lowest BCUT2D eigenvalue weighted by molar-refractivity contribution is -0.116. The molecule has 2 aromatic carbocycles. The Bertz CT molecular complexity index is 965. The minimum Gasteiger partial charge on any atom is -0.490 e. The highest BCUT2D eigenvalue weighted by Gasteiger charge is 2.11. The highest BCUT2D eigenvalue weighted by molar-refractivity contribution is 6.32. The number of allylic oxidation sites excluding steroid dienone is 1. The minimum absolute atomic E-state index is 0.0656. The number of ether oxygens (including phenoxy) is 1. The summed E-state index contributed by atoms with van der Waals surface area (Å²) in [6.07, 6.45) is 4.85. The molecule has 0 aliphatic carbocycles. The van der Waals surface area contributed by atoms with Gasteiger partial charge in [0.05, 0.1) is 22.6 Å². The number of aromatic nitrogens is 2. The smallest absolute Gasteiger partial charge is 0.243 e. The van der Waals surface area contributed by atoms with E-state index in [0.29, 0.717) is 30.5 Å². The molecular formula is C22H24ClN3O2. The molecule has 0 aliphatic rings. The molecule has 6 heteroatoms. The molecule has 0 aliphatic heterocycles. The Labute approximate surface area is 170 Å². The van der Waals surface area contributed by atoms with Crippen LogP contribution in [-0.4, -0.2) is 28.6 Å². The monoisotopic (exact) mass is 397 g/mol. The van der Waals surface area contributed by atoms with Crippen molar-refractivity contribution in [3.05, 3.63) is 71.5 Å². The standard InChI is InChI=1S/C22H24ClN3O2/c1-2-8-22(27)24-14-7-13-21-25-18-10-4-5-11-19(18)26(21)15-16-28-20-12-6-3-9-17(20)23/h2-6,8-12H,7,13-16H2,1H3,(H,24,27)/b8-2-. The fourth-order valence-corrected chi connectivity index (χ4v) is 3.23. The lowest BCUT2D eigenvalue weighted by Gasteiger charge is -2.12. The first-order chi connectivity index (χ1) is 13.7. The topological polar surface area (TPSA) is 56.2 Å². The van der Waals surface area contributed by atoms with Crippen molar-refractivity contribution in [1.82, 2.24) is 14.9 Å². The summed E-state index contributed by atoms with van der Waals surface area (Å²) in [4.78, 5) is 16.3. The van der Waals surface area contributed by atoms with Crippen LogP contribution in [0.1, 0.15) is 19.2 Å². The Morgan fingerprint density at radius 1 is 1.21 bits per heavy atom. The van der Waals surface area contributed by atoms with Crippen LogP contribution in [0.4, 0.5) is 0 Å². The van der Waals surface area contributed by atoms with Gasteiger partial charge in [-0.15, -0.1) is 0 Å². The summed E-state index contributed by atoms with van der Waals surface area (Å²) >= 11 is 6.16. The SMILES string of the molecule is C/C=C\C(=O)NCCCc1nc2ccccc2n1CCOc1ccccc1Cl. The second-order valence-electron chi connectivity index (χ2n) is 6.34. The Balaban J connectivity index is 1.65. The molecular weight excluding hydrogens is 374 g/mol. The maximum Gasteiger partial charge on any atom is 0.243 e. The second kappa shape index (κ2) is 9.95. The van der Waals surface area contributed by atoms with E-state index in [4.69, 9.17) is 21.3 Å². The lowest BCUT2D eigenvalue weighted by atomic mass is 10.3. The summed E-state index contributed by atoms with van der Waals surface area (Å²) in [6, 6.07) is 15.5. The number of halogens is 1. The first-order valence-electron chi connectivity index (χ1n) is 9.41. The number of hydrogen-bond donors (Lipinski definition) is 1.